The molecule has 5 heteroatoms. The predicted molar refractivity (Wildman–Crippen MR) is 53.4 cm³/mol. The molecule has 0 amide bonds. The Kier molecular flexibility index (Phi) is 2.34. The van der Waals surface area contributed by atoms with E-state index in [1.165, 1.54) is 0 Å². The molecule has 2 aromatic heterocycles. The number of hydrogen-bond donors (Lipinski definition) is 2. The van der Waals surface area contributed by atoms with Gasteiger partial charge in [-0.05, 0) is 29.7 Å². The highest BCUT2D eigenvalue weighted by Gasteiger charge is 2.11. The number of aromatic nitrogens is 2. The summed E-state index contributed by atoms with van der Waals surface area (Å²) in [4.78, 5) is 4.11. The summed E-state index contributed by atoms with van der Waals surface area (Å²) < 4.78 is 1.80. The molecular weight excluding hydrogens is 179 g/mol. The average molecular weight is 188 g/mol. The molecule has 0 bridgehead atoms. The smallest absolute Gasteiger partial charge is 0.423 e. The zero-order valence-corrected chi connectivity index (χ0v) is 7.41. The van der Waals surface area contributed by atoms with Gasteiger partial charge in [-0.25, -0.2) is 4.98 Å². The lowest BCUT2D eigenvalue weighted by Crippen LogP contribution is -2.30. The molecule has 0 fully saturated rings. The lowest BCUT2D eigenvalue weighted by molar-refractivity contribution is 0.425. The first-order valence-electron chi connectivity index (χ1n) is 4.23. The van der Waals surface area contributed by atoms with Crippen molar-refractivity contribution in [3.8, 4) is 5.82 Å². The van der Waals surface area contributed by atoms with Crippen LogP contribution in [0.25, 0.3) is 5.82 Å². The Balaban J connectivity index is 2.41. The molecule has 0 saturated carbocycles. The fourth-order valence-electron chi connectivity index (χ4n) is 1.22. The van der Waals surface area contributed by atoms with E-state index in [0.717, 1.165) is 0 Å². The molecule has 2 aromatic rings. The normalized spacial score (nSPS) is 10.1. The molecule has 0 saturated heterocycles. The van der Waals surface area contributed by atoms with E-state index < -0.39 is 7.12 Å². The van der Waals surface area contributed by atoms with Gasteiger partial charge in [-0.3, -0.25) is 0 Å². The van der Waals surface area contributed by atoms with Crippen molar-refractivity contribution < 1.29 is 10.0 Å². The Morgan fingerprint density at radius 1 is 1.21 bits per heavy atom. The van der Waals surface area contributed by atoms with Crippen molar-refractivity contribution in [1.82, 2.24) is 9.55 Å². The maximum atomic E-state index is 8.96. The van der Waals surface area contributed by atoms with Gasteiger partial charge < -0.3 is 14.6 Å². The summed E-state index contributed by atoms with van der Waals surface area (Å²) in [6.07, 6.45) is 5.23. The van der Waals surface area contributed by atoms with Gasteiger partial charge in [0.25, 0.3) is 0 Å². The van der Waals surface area contributed by atoms with Crippen LogP contribution in [0.15, 0.2) is 42.9 Å². The monoisotopic (exact) mass is 188 g/mol. The van der Waals surface area contributed by atoms with E-state index in [1.54, 1.807) is 22.9 Å². The van der Waals surface area contributed by atoms with Gasteiger partial charge >= 0.3 is 7.12 Å². The highest BCUT2D eigenvalue weighted by Crippen LogP contribution is 2.01. The summed E-state index contributed by atoms with van der Waals surface area (Å²) >= 11 is 0. The second-order valence-corrected chi connectivity index (χ2v) is 2.91. The summed E-state index contributed by atoms with van der Waals surface area (Å²) in [5.41, 5.74) is 0.434. The first kappa shape index (κ1) is 8.99. The molecule has 2 rings (SSSR count). The molecule has 0 aliphatic carbocycles. The second kappa shape index (κ2) is 3.65. The van der Waals surface area contributed by atoms with Crippen molar-refractivity contribution in [2.75, 3.05) is 0 Å². The molecule has 0 radical (unpaired) electrons. The van der Waals surface area contributed by atoms with E-state index in [4.69, 9.17) is 10.0 Å². The Morgan fingerprint density at radius 2 is 1.93 bits per heavy atom. The lowest BCUT2D eigenvalue weighted by Gasteiger charge is -2.03. The van der Waals surface area contributed by atoms with Gasteiger partial charge in [0.15, 0.2) is 0 Å². The molecule has 0 aromatic carbocycles. The highest BCUT2D eigenvalue weighted by molar-refractivity contribution is 6.58. The first-order chi connectivity index (χ1) is 6.77. The number of pyridine rings is 1. The van der Waals surface area contributed by atoms with Gasteiger partial charge in [-0.2, -0.15) is 0 Å². The molecule has 0 atom stereocenters. The number of hydrogen-bond acceptors (Lipinski definition) is 3. The number of rotatable bonds is 2. The fraction of sp³-hybridized carbons (Fsp3) is 0. The van der Waals surface area contributed by atoms with Crippen molar-refractivity contribution in [2.45, 2.75) is 0 Å². The molecule has 0 aliphatic heterocycles. The molecule has 70 valence electrons. The van der Waals surface area contributed by atoms with E-state index in [1.807, 2.05) is 24.5 Å². The molecule has 2 heterocycles. The lowest BCUT2D eigenvalue weighted by atomic mass is 9.81. The van der Waals surface area contributed by atoms with Gasteiger partial charge in [0.05, 0.1) is 0 Å². The fourth-order valence-corrected chi connectivity index (χ4v) is 1.22. The van der Waals surface area contributed by atoms with Crippen molar-refractivity contribution in [1.29, 1.82) is 0 Å². The SMILES string of the molecule is OB(O)c1ccnc(-n2cccc2)c1. The minimum atomic E-state index is -1.45. The molecular formula is C9H9BN2O2. The van der Waals surface area contributed by atoms with Crippen molar-refractivity contribution in [3.05, 3.63) is 42.9 Å². The van der Waals surface area contributed by atoms with Crippen LogP contribution in [0.5, 0.6) is 0 Å². The van der Waals surface area contributed by atoms with E-state index in [0.29, 0.717) is 11.3 Å². The van der Waals surface area contributed by atoms with Crippen molar-refractivity contribution in [2.24, 2.45) is 0 Å². The Labute approximate surface area is 81.6 Å². The quantitative estimate of drug-likeness (QED) is 0.627. The van der Waals surface area contributed by atoms with Crippen LogP contribution in [-0.2, 0) is 0 Å². The largest absolute Gasteiger partial charge is 0.488 e. The Morgan fingerprint density at radius 3 is 2.57 bits per heavy atom. The van der Waals surface area contributed by atoms with E-state index in [9.17, 15) is 0 Å². The van der Waals surface area contributed by atoms with Crippen LogP contribution in [0, 0.1) is 0 Å². The zero-order valence-electron chi connectivity index (χ0n) is 7.41. The zero-order chi connectivity index (χ0) is 9.97. The summed E-state index contributed by atoms with van der Waals surface area (Å²) in [6.45, 7) is 0. The van der Waals surface area contributed by atoms with Gasteiger partial charge in [0.2, 0.25) is 0 Å². The highest BCUT2D eigenvalue weighted by atomic mass is 16.4. The Bertz CT molecular complexity index is 415. The maximum Gasteiger partial charge on any atom is 0.488 e. The molecule has 4 nitrogen and oxygen atoms in total. The van der Waals surface area contributed by atoms with Gasteiger partial charge in [0, 0.05) is 18.6 Å². The average Bonchev–Trinajstić information content (AvgIpc) is 2.71. The summed E-state index contributed by atoms with van der Waals surface area (Å²) in [6, 6.07) is 6.95. The van der Waals surface area contributed by atoms with Crippen LogP contribution in [0.4, 0.5) is 0 Å². The van der Waals surface area contributed by atoms with E-state index in [-0.39, 0.29) is 0 Å². The predicted octanol–water partition coefficient (Wildman–Crippen LogP) is -0.448. The first-order valence-corrected chi connectivity index (χ1v) is 4.23. The van der Waals surface area contributed by atoms with E-state index in [2.05, 4.69) is 4.98 Å². The maximum absolute atomic E-state index is 8.96. The summed E-state index contributed by atoms with van der Waals surface area (Å²) in [7, 11) is -1.45. The molecule has 0 unspecified atom stereocenters. The molecule has 14 heavy (non-hydrogen) atoms. The third kappa shape index (κ3) is 1.68. The topological polar surface area (TPSA) is 58.3 Å². The second-order valence-electron chi connectivity index (χ2n) is 2.91. The van der Waals surface area contributed by atoms with E-state index >= 15 is 0 Å². The minimum Gasteiger partial charge on any atom is -0.423 e. The molecule has 2 N–H and O–H groups in total. The van der Waals surface area contributed by atoms with Crippen LogP contribution in [0.2, 0.25) is 0 Å². The molecule has 0 aliphatic rings. The Hall–Kier alpha value is -1.59. The van der Waals surface area contributed by atoms with Crippen LogP contribution in [-0.4, -0.2) is 26.7 Å². The van der Waals surface area contributed by atoms with Gasteiger partial charge in [-0.1, -0.05) is 0 Å². The minimum absolute atomic E-state index is 0.434. The third-order valence-corrected chi connectivity index (χ3v) is 1.94. The third-order valence-electron chi connectivity index (χ3n) is 1.94. The van der Waals surface area contributed by atoms with Gasteiger partial charge in [0.1, 0.15) is 5.82 Å². The standard InChI is InChI=1S/C9H9BN2O2/c13-10(14)8-3-4-11-9(7-8)12-5-1-2-6-12/h1-7,13-14H. The van der Waals surface area contributed by atoms with Crippen molar-refractivity contribution in [3.63, 3.8) is 0 Å². The summed E-state index contributed by atoms with van der Waals surface area (Å²) in [5, 5.41) is 17.9. The molecule has 0 spiro atoms. The number of nitrogens with zero attached hydrogens (tertiary/aromatic N) is 2. The van der Waals surface area contributed by atoms with Crippen LogP contribution in [0.3, 0.4) is 0 Å². The van der Waals surface area contributed by atoms with Gasteiger partial charge in [-0.15, -0.1) is 0 Å². The summed E-state index contributed by atoms with van der Waals surface area (Å²) in [5.74, 6) is 0.667. The van der Waals surface area contributed by atoms with Crippen LogP contribution in [0.1, 0.15) is 0 Å². The van der Waals surface area contributed by atoms with Crippen LogP contribution >= 0.6 is 0 Å². The van der Waals surface area contributed by atoms with Crippen molar-refractivity contribution >= 4 is 12.6 Å². The van der Waals surface area contributed by atoms with Crippen LogP contribution < -0.4 is 5.46 Å².